The zero-order valence-electron chi connectivity index (χ0n) is 17.6. The van der Waals surface area contributed by atoms with E-state index in [4.69, 9.17) is 9.47 Å². The van der Waals surface area contributed by atoms with Crippen LogP contribution in [0.2, 0.25) is 0 Å². The summed E-state index contributed by atoms with van der Waals surface area (Å²) in [5.41, 5.74) is 2.35. The maximum atomic E-state index is 5.82. The number of rotatable bonds is 9. The highest BCUT2D eigenvalue weighted by atomic mass is 16.5. The molecule has 0 aliphatic heterocycles. The van der Waals surface area contributed by atoms with Crippen LogP contribution in [0.15, 0.2) is 53.5 Å². The van der Waals surface area contributed by atoms with Gasteiger partial charge in [-0.15, -0.1) is 0 Å². The second-order valence-corrected chi connectivity index (χ2v) is 6.90. The molecule has 1 N–H and O–H groups in total. The quantitative estimate of drug-likeness (QED) is 0.532. The Hall–Kier alpha value is -2.73. The van der Waals surface area contributed by atoms with E-state index in [9.17, 15) is 0 Å². The largest absolute Gasteiger partial charge is 0.497 e. The molecule has 0 saturated carbocycles. The molecule has 0 heterocycles. The van der Waals surface area contributed by atoms with Crippen molar-refractivity contribution in [3.05, 3.63) is 59.7 Å². The van der Waals surface area contributed by atoms with Gasteiger partial charge >= 0.3 is 0 Å². The molecule has 28 heavy (non-hydrogen) atoms. The molecule has 0 aliphatic rings. The molecule has 0 fully saturated rings. The van der Waals surface area contributed by atoms with E-state index in [2.05, 4.69) is 44.4 Å². The Morgan fingerprint density at radius 1 is 1.00 bits per heavy atom. The van der Waals surface area contributed by atoms with Crippen molar-refractivity contribution in [1.82, 2.24) is 15.1 Å². The lowest BCUT2D eigenvalue weighted by Gasteiger charge is -2.22. The van der Waals surface area contributed by atoms with Gasteiger partial charge in [-0.3, -0.25) is 4.99 Å². The van der Waals surface area contributed by atoms with Crippen molar-refractivity contribution >= 4 is 5.96 Å². The van der Waals surface area contributed by atoms with Crippen LogP contribution in [-0.2, 0) is 13.1 Å². The van der Waals surface area contributed by atoms with Crippen LogP contribution in [0.25, 0.3) is 0 Å². The molecule has 6 nitrogen and oxygen atoms in total. The summed E-state index contributed by atoms with van der Waals surface area (Å²) in [5.74, 6) is 2.60. The lowest BCUT2D eigenvalue weighted by atomic mass is 10.2. The average molecular weight is 385 g/mol. The summed E-state index contributed by atoms with van der Waals surface area (Å²) in [4.78, 5) is 8.60. The van der Waals surface area contributed by atoms with Crippen molar-refractivity contribution in [2.45, 2.75) is 13.1 Å². The molecule has 0 atom stereocenters. The van der Waals surface area contributed by atoms with Crippen molar-refractivity contribution in [1.29, 1.82) is 0 Å². The fourth-order valence-electron chi connectivity index (χ4n) is 2.74. The Bertz CT molecular complexity index is 744. The maximum Gasteiger partial charge on any atom is 0.193 e. The van der Waals surface area contributed by atoms with Crippen LogP contribution in [0.1, 0.15) is 11.1 Å². The van der Waals surface area contributed by atoms with Crippen LogP contribution in [-0.4, -0.2) is 64.2 Å². The van der Waals surface area contributed by atoms with Crippen molar-refractivity contribution in [2.24, 2.45) is 4.99 Å². The Morgan fingerprint density at radius 3 is 2.39 bits per heavy atom. The minimum atomic E-state index is 0.677. The first-order valence-electron chi connectivity index (χ1n) is 9.43. The highest BCUT2D eigenvalue weighted by molar-refractivity contribution is 5.79. The molecule has 2 rings (SSSR count). The molecule has 6 heteroatoms. The van der Waals surface area contributed by atoms with E-state index in [1.54, 1.807) is 14.2 Å². The van der Waals surface area contributed by atoms with E-state index in [1.807, 2.05) is 45.4 Å². The Morgan fingerprint density at radius 2 is 1.75 bits per heavy atom. The average Bonchev–Trinajstić information content (AvgIpc) is 2.69. The molecule has 0 radical (unpaired) electrons. The first kappa shape index (κ1) is 21.6. The Balaban J connectivity index is 1.88. The molecular formula is C22H32N4O2. The number of benzene rings is 2. The molecule has 152 valence electrons. The van der Waals surface area contributed by atoms with E-state index in [1.165, 1.54) is 5.56 Å². The minimum Gasteiger partial charge on any atom is -0.497 e. The van der Waals surface area contributed by atoms with Gasteiger partial charge in [0.1, 0.15) is 18.1 Å². The monoisotopic (exact) mass is 384 g/mol. The highest BCUT2D eigenvalue weighted by Gasteiger charge is 2.07. The first-order valence-corrected chi connectivity index (χ1v) is 9.43. The third-order valence-corrected chi connectivity index (χ3v) is 4.31. The third kappa shape index (κ3) is 7.12. The van der Waals surface area contributed by atoms with E-state index >= 15 is 0 Å². The number of guanidine groups is 1. The minimum absolute atomic E-state index is 0.677. The van der Waals surface area contributed by atoms with Crippen molar-refractivity contribution < 1.29 is 9.47 Å². The molecule has 0 saturated heterocycles. The van der Waals surface area contributed by atoms with Crippen LogP contribution in [0.3, 0.4) is 0 Å². The van der Waals surface area contributed by atoms with Gasteiger partial charge in [0, 0.05) is 33.7 Å². The van der Waals surface area contributed by atoms with Gasteiger partial charge in [0.25, 0.3) is 0 Å². The fourth-order valence-corrected chi connectivity index (χ4v) is 2.74. The maximum absolute atomic E-state index is 5.82. The SMILES string of the molecule is CN=C(NCc1cccc(OCCN(C)C)c1)N(C)Cc1ccc(OC)cc1. The third-order valence-electron chi connectivity index (χ3n) is 4.31. The van der Waals surface area contributed by atoms with Crippen LogP contribution >= 0.6 is 0 Å². The van der Waals surface area contributed by atoms with Gasteiger partial charge in [0.2, 0.25) is 0 Å². The summed E-state index contributed by atoms with van der Waals surface area (Å²) in [6.45, 7) is 3.02. The molecule has 2 aromatic rings. The zero-order chi connectivity index (χ0) is 20.4. The summed E-state index contributed by atoms with van der Waals surface area (Å²) in [6.07, 6.45) is 0. The molecule has 0 bridgehead atoms. The second kappa shape index (κ2) is 11.2. The smallest absolute Gasteiger partial charge is 0.193 e. The predicted octanol–water partition coefficient (Wildman–Crippen LogP) is 2.84. The van der Waals surface area contributed by atoms with Crippen LogP contribution in [0.5, 0.6) is 11.5 Å². The molecule has 0 spiro atoms. The predicted molar refractivity (Wildman–Crippen MR) is 115 cm³/mol. The molecule has 0 aromatic heterocycles. The molecule has 0 aliphatic carbocycles. The lowest BCUT2D eigenvalue weighted by Crippen LogP contribution is -2.38. The molecule has 0 amide bonds. The summed E-state index contributed by atoms with van der Waals surface area (Å²) in [7, 11) is 9.58. The van der Waals surface area contributed by atoms with Gasteiger partial charge in [-0.05, 0) is 49.5 Å². The van der Waals surface area contributed by atoms with E-state index in [-0.39, 0.29) is 0 Å². The fraction of sp³-hybridized carbons (Fsp3) is 0.409. The van der Waals surface area contributed by atoms with Gasteiger partial charge in [0.15, 0.2) is 5.96 Å². The molecular weight excluding hydrogens is 352 g/mol. The van der Waals surface area contributed by atoms with E-state index in [0.717, 1.165) is 36.1 Å². The van der Waals surface area contributed by atoms with Gasteiger partial charge in [-0.25, -0.2) is 0 Å². The van der Waals surface area contributed by atoms with Gasteiger partial charge in [0.05, 0.1) is 7.11 Å². The Kier molecular flexibility index (Phi) is 8.62. The summed E-state index contributed by atoms with van der Waals surface area (Å²) in [6, 6.07) is 16.2. The summed E-state index contributed by atoms with van der Waals surface area (Å²) < 4.78 is 11.0. The Labute approximate surface area is 168 Å². The van der Waals surface area contributed by atoms with Gasteiger partial charge in [-0.2, -0.15) is 0 Å². The topological polar surface area (TPSA) is 49.3 Å². The lowest BCUT2D eigenvalue weighted by molar-refractivity contribution is 0.261. The first-order chi connectivity index (χ1) is 13.5. The highest BCUT2D eigenvalue weighted by Crippen LogP contribution is 2.14. The number of likely N-dealkylation sites (N-methyl/N-ethyl adjacent to an activating group) is 1. The number of nitrogens with one attached hydrogen (secondary N) is 1. The van der Waals surface area contributed by atoms with Crippen LogP contribution < -0.4 is 14.8 Å². The summed E-state index contributed by atoms with van der Waals surface area (Å²) >= 11 is 0. The number of nitrogens with zero attached hydrogens (tertiary/aromatic N) is 3. The summed E-state index contributed by atoms with van der Waals surface area (Å²) in [5, 5.41) is 3.42. The number of aliphatic imine (C=N–C) groups is 1. The van der Waals surface area contributed by atoms with E-state index < -0.39 is 0 Å². The number of methoxy groups -OCH3 is 1. The number of hydrogen-bond acceptors (Lipinski definition) is 4. The van der Waals surface area contributed by atoms with Crippen molar-refractivity contribution in [3.63, 3.8) is 0 Å². The zero-order valence-corrected chi connectivity index (χ0v) is 17.6. The molecule has 2 aromatic carbocycles. The van der Waals surface area contributed by atoms with Crippen molar-refractivity contribution in [2.75, 3.05) is 48.5 Å². The van der Waals surface area contributed by atoms with Crippen LogP contribution in [0.4, 0.5) is 0 Å². The standard InChI is InChI=1S/C22H32N4O2/c1-23-22(26(4)17-18-9-11-20(27-5)12-10-18)24-16-19-7-6-8-21(15-19)28-14-13-25(2)3/h6-12,15H,13-14,16-17H2,1-5H3,(H,23,24). The van der Waals surface area contributed by atoms with Gasteiger partial charge < -0.3 is 24.6 Å². The molecule has 0 unspecified atom stereocenters. The number of ether oxygens (including phenoxy) is 2. The number of hydrogen-bond donors (Lipinski definition) is 1. The second-order valence-electron chi connectivity index (χ2n) is 6.90. The van der Waals surface area contributed by atoms with Crippen LogP contribution in [0, 0.1) is 0 Å². The van der Waals surface area contributed by atoms with E-state index in [0.29, 0.717) is 13.2 Å². The van der Waals surface area contributed by atoms with Crippen molar-refractivity contribution in [3.8, 4) is 11.5 Å². The van der Waals surface area contributed by atoms with Gasteiger partial charge in [-0.1, -0.05) is 24.3 Å². The normalized spacial score (nSPS) is 11.4.